The van der Waals surface area contributed by atoms with Gasteiger partial charge >= 0.3 is 0 Å². The van der Waals surface area contributed by atoms with Gasteiger partial charge in [-0.2, -0.15) is 0 Å². The lowest BCUT2D eigenvalue weighted by atomic mass is 9.90. The molecule has 0 aromatic rings. The van der Waals surface area contributed by atoms with Crippen LogP contribution in [0.4, 0.5) is 0 Å². The molecule has 0 radical (unpaired) electrons. The molecule has 2 heteroatoms. The van der Waals surface area contributed by atoms with Gasteiger partial charge in [-0.1, -0.05) is 20.8 Å². The smallest absolute Gasteiger partial charge is 0.0519 e. The minimum absolute atomic E-state index is 0.839. The Morgan fingerprint density at radius 1 is 1.31 bits per heavy atom. The summed E-state index contributed by atoms with van der Waals surface area (Å²) in [4.78, 5) is 2.25. The molecule has 13 heavy (non-hydrogen) atoms. The first-order valence-electron chi connectivity index (χ1n) is 5.42. The van der Waals surface area contributed by atoms with Crippen molar-refractivity contribution < 1.29 is 4.74 Å². The van der Waals surface area contributed by atoms with Crippen LogP contribution in [0, 0.1) is 11.8 Å². The Morgan fingerprint density at radius 3 is 2.15 bits per heavy atom. The molecule has 1 aliphatic rings. The number of hydrogen-bond donors (Lipinski definition) is 0. The van der Waals surface area contributed by atoms with Crippen LogP contribution in [0.2, 0.25) is 0 Å². The lowest BCUT2D eigenvalue weighted by Gasteiger charge is -2.32. The van der Waals surface area contributed by atoms with Crippen LogP contribution >= 0.6 is 0 Å². The van der Waals surface area contributed by atoms with E-state index in [9.17, 15) is 0 Å². The predicted molar refractivity (Wildman–Crippen MR) is 58.0 cm³/mol. The maximum Gasteiger partial charge on any atom is 0.0519 e. The van der Waals surface area contributed by atoms with E-state index < -0.39 is 0 Å². The third-order valence-electron chi connectivity index (χ3n) is 2.50. The van der Waals surface area contributed by atoms with Gasteiger partial charge in [0.1, 0.15) is 0 Å². The van der Waals surface area contributed by atoms with Crippen molar-refractivity contribution in [2.75, 3.05) is 33.9 Å². The highest BCUT2D eigenvalue weighted by atomic mass is 16.5. The molecule has 1 atom stereocenters. The van der Waals surface area contributed by atoms with Crippen LogP contribution in [0.25, 0.3) is 0 Å². The van der Waals surface area contributed by atoms with Crippen molar-refractivity contribution in [3.05, 3.63) is 0 Å². The van der Waals surface area contributed by atoms with Gasteiger partial charge in [0.2, 0.25) is 0 Å². The minimum Gasteiger partial charge on any atom is -0.381 e. The van der Waals surface area contributed by atoms with Crippen molar-refractivity contribution in [2.45, 2.75) is 27.2 Å². The van der Waals surface area contributed by atoms with Crippen molar-refractivity contribution in [2.24, 2.45) is 11.8 Å². The van der Waals surface area contributed by atoms with Crippen LogP contribution in [0.15, 0.2) is 0 Å². The second kappa shape index (κ2) is 7.34. The van der Waals surface area contributed by atoms with E-state index in [0.29, 0.717) is 0 Å². The standard InChI is InChI=1S/C9H19NO.C2H6/c1-8(4-5-10(2)3)9-6-11-7-9;1-2/h8-9H,4-7H2,1-3H3;1-2H3. The van der Waals surface area contributed by atoms with Crippen molar-refractivity contribution in [1.29, 1.82) is 0 Å². The molecule has 0 aliphatic carbocycles. The first-order chi connectivity index (χ1) is 6.20. The molecule has 1 rings (SSSR count). The molecular formula is C11H25NO. The van der Waals surface area contributed by atoms with Crippen LogP contribution in [0.5, 0.6) is 0 Å². The normalized spacial score (nSPS) is 18.9. The van der Waals surface area contributed by atoms with Gasteiger partial charge in [-0.05, 0) is 33.0 Å². The Balaban J connectivity index is 0.000000671. The Kier molecular flexibility index (Phi) is 7.29. The van der Waals surface area contributed by atoms with E-state index in [-0.39, 0.29) is 0 Å². The Labute approximate surface area is 83.3 Å². The molecule has 0 amide bonds. The van der Waals surface area contributed by atoms with Crippen molar-refractivity contribution >= 4 is 0 Å². The molecule has 0 spiro atoms. The highest BCUT2D eigenvalue weighted by Gasteiger charge is 2.24. The Hall–Kier alpha value is -0.0800. The summed E-state index contributed by atoms with van der Waals surface area (Å²) in [5.74, 6) is 1.68. The van der Waals surface area contributed by atoms with Crippen molar-refractivity contribution in [3.8, 4) is 0 Å². The molecule has 0 bridgehead atoms. The third kappa shape index (κ3) is 5.27. The molecule has 0 N–H and O–H groups in total. The molecule has 0 aromatic carbocycles. The minimum atomic E-state index is 0.839. The number of ether oxygens (including phenoxy) is 1. The van der Waals surface area contributed by atoms with Gasteiger partial charge in [-0.25, -0.2) is 0 Å². The van der Waals surface area contributed by atoms with Gasteiger partial charge in [0, 0.05) is 5.92 Å². The molecule has 80 valence electrons. The molecule has 1 aliphatic heterocycles. The monoisotopic (exact) mass is 187 g/mol. The zero-order valence-corrected chi connectivity index (χ0v) is 9.84. The largest absolute Gasteiger partial charge is 0.381 e. The summed E-state index contributed by atoms with van der Waals surface area (Å²) in [5.41, 5.74) is 0. The van der Waals surface area contributed by atoms with Crippen molar-refractivity contribution in [1.82, 2.24) is 4.90 Å². The zero-order valence-electron chi connectivity index (χ0n) is 9.84. The molecule has 1 fully saturated rings. The molecule has 1 heterocycles. The Morgan fingerprint density at radius 2 is 1.85 bits per heavy atom. The molecule has 2 nitrogen and oxygen atoms in total. The highest BCUT2D eigenvalue weighted by Crippen LogP contribution is 2.22. The summed E-state index contributed by atoms with van der Waals surface area (Å²) in [6.07, 6.45) is 1.31. The van der Waals surface area contributed by atoms with E-state index in [1.807, 2.05) is 13.8 Å². The molecule has 0 aromatic heterocycles. The summed E-state index contributed by atoms with van der Waals surface area (Å²) < 4.78 is 5.15. The fourth-order valence-electron chi connectivity index (χ4n) is 1.28. The maximum absolute atomic E-state index is 5.15. The van der Waals surface area contributed by atoms with E-state index in [1.54, 1.807) is 0 Å². The van der Waals surface area contributed by atoms with Gasteiger partial charge in [0.05, 0.1) is 13.2 Å². The van der Waals surface area contributed by atoms with Gasteiger partial charge in [0.15, 0.2) is 0 Å². The lowest BCUT2D eigenvalue weighted by molar-refractivity contribution is -0.0592. The van der Waals surface area contributed by atoms with Crippen LogP contribution in [0.1, 0.15) is 27.2 Å². The third-order valence-corrected chi connectivity index (χ3v) is 2.50. The van der Waals surface area contributed by atoms with E-state index in [1.165, 1.54) is 13.0 Å². The van der Waals surface area contributed by atoms with E-state index in [0.717, 1.165) is 25.0 Å². The van der Waals surface area contributed by atoms with Gasteiger partial charge in [0.25, 0.3) is 0 Å². The average Bonchev–Trinajstić information content (AvgIpc) is 2.01. The van der Waals surface area contributed by atoms with Crippen molar-refractivity contribution in [3.63, 3.8) is 0 Å². The second-order valence-corrected chi connectivity index (χ2v) is 3.87. The number of hydrogen-bond acceptors (Lipinski definition) is 2. The van der Waals surface area contributed by atoms with E-state index in [4.69, 9.17) is 4.74 Å². The SMILES string of the molecule is CC.CC(CCN(C)C)C1COC1. The van der Waals surface area contributed by atoms with Gasteiger partial charge < -0.3 is 9.64 Å². The number of nitrogens with zero attached hydrogens (tertiary/aromatic N) is 1. The van der Waals surface area contributed by atoms with Crippen LogP contribution < -0.4 is 0 Å². The molecule has 1 saturated heterocycles. The summed E-state index contributed by atoms with van der Waals surface area (Å²) in [6.45, 7) is 9.53. The summed E-state index contributed by atoms with van der Waals surface area (Å²) in [7, 11) is 4.26. The lowest BCUT2D eigenvalue weighted by Crippen LogP contribution is -2.34. The fourth-order valence-corrected chi connectivity index (χ4v) is 1.28. The van der Waals surface area contributed by atoms with Crippen LogP contribution in [-0.2, 0) is 4.74 Å². The second-order valence-electron chi connectivity index (χ2n) is 3.87. The quantitative estimate of drug-likeness (QED) is 0.669. The maximum atomic E-state index is 5.15. The first-order valence-corrected chi connectivity index (χ1v) is 5.42. The molecular weight excluding hydrogens is 162 g/mol. The fraction of sp³-hybridized carbons (Fsp3) is 1.00. The van der Waals surface area contributed by atoms with Gasteiger partial charge in [-0.15, -0.1) is 0 Å². The summed E-state index contributed by atoms with van der Waals surface area (Å²) >= 11 is 0. The Bertz CT molecular complexity index is 111. The predicted octanol–water partition coefficient (Wildman–Crippen LogP) is 2.25. The van der Waals surface area contributed by atoms with Crippen LogP contribution in [0.3, 0.4) is 0 Å². The number of rotatable bonds is 4. The van der Waals surface area contributed by atoms with Gasteiger partial charge in [-0.3, -0.25) is 0 Å². The summed E-state index contributed by atoms with van der Waals surface area (Å²) in [5, 5.41) is 0. The van der Waals surface area contributed by atoms with E-state index >= 15 is 0 Å². The zero-order chi connectivity index (χ0) is 10.3. The average molecular weight is 187 g/mol. The van der Waals surface area contributed by atoms with Crippen LogP contribution in [-0.4, -0.2) is 38.8 Å². The topological polar surface area (TPSA) is 12.5 Å². The summed E-state index contributed by atoms with van der Waals surface area (Å²) in [6, 6.07) is 0. The molecule has 1 unspecified atom stereocenters. The van der Waals surface area contributed by atoms with E-state index in [2.05, 4.69) is 25.9 Å². The highest BCUT2D eigenvalue weighted by molar-refractivity contribution is 4.72. The first kappa shape index (κ1) is 12.9. The molecule has 0 saturated carbocycles.